The van der Waals surface area contributed by atoms with Crippen LogP contribution in [-0.4, -0.2) is 21.7 Å². The van der Waals surface area contributed by atoms with Crippen molar-refractivity contribution in [2.75, 3.05) is 11.9 Å². The van der Waals surface area contributed by atoms with E-state index in [1.807, 2.05) is 36.4 Å². The van der Waals surface area contributed by atoms with Gasteiger partial charge in [0.05, 0.1) is 17.7 Å². The highest BCUT2D eigenvalue weighted by Crippen LogP contribution is 2.26. The molecule has 2 heterocycles. The Morgan fingerprint density at radius 1 is 1.25 bits per heavy atom. The molecule has 0 spiro atoms. The Morgan fingerprint density at radius 3 is 2.80 bits per heavy atom. The first kappa shape index (κ1) is 13.0. The number of halogens is 1. The molecule has 0 aliphatic rings. The Bertz CT molecular complexity index is 711. The second-order valence-corrected chi connectivity index (χ2v) is 4.93. The summed E-state index contributed by atoms with van der Waals surface area (Å²) in [6.45, 7) is -0.0218. The lowest BCUT2D eigenvalue weighted by molar-refractivity contribution is 0.276. The van der Waals surface area contributed by atoms with Gasteiger partial charge in [-0.25, -0.2) is 4.98 Å². The van der Waals surface area contributed by atoms with Crippen molar-refractivity contribution in [3.05, 3.63) is 59.2 Å². The van der Waals surface area contributed by atoms with E-state index in [0.717, 1.165) is 16.6 Å². The highest BCUT2D eigenvalue weighted by Gasteiger charge is 2.12. The van der Waals surface area contributed by atoms with Crippen molar-refractivity contribution in [2.45, 2.75) is 6.04 Å². The number of fused-ring (bicyclic) bond motifs is 1. The zero-order chi connectivity index (χ0) is 13.9. The number of H-pyrrole nitrogens is 1. The molecule has 3 rings (SSSR count). The standard InChI is InChI=1S/C15H14ClN3O/c16-12-8-14(19-15-11(12)6-7-17-15)18-13(9-20)10-4-2-1-3-5-10/h1-8,13,20H,9H2,(H2,17,18,19)/t13-/m0/s1. The first-order chi connectivity index (χ1) is 9.78. The topological polar surface area (TPSA) is 60.9 Å². The normalized spacial score (nSPS) is 12.5. The fourth-order valence-corrected chi connectivity index (χ4v) is 2.42. The number of benzene rings is 1. The van der Waals surface area contributed by atoms with E-state index in [0.29, 0.717) is 10.8 Å². The summed E-state index contributed by atoms with van der Waals surface area (Å²) in [6, 6.07) is 13.2. The predicted molar refractivity (Wildman–Crippen MR) is 81.0 cm³/mol. The summed E-state index contributed by atoms with van der Waals surface area (Å²) < 4.78 is 0. The van der Waals surface area contributed by atoms with Crippen molar-refractivity contribution in [2.24, 2.45) is 0 Å². The van der Waals surface area contributed by atoms with Gasteiger partial charge in [0.15, 0.2) is 0 Å². The number of aliphatic hydroxyl groups is 1. The molecule has 5 heteroatoms. The van der Waals surface area contributed by atoms with Gasteiger partial charge in [0.25, 0.3) is 0 Å². The minimum Gasteiger partial charge on any atom is -0.394 e. The smallest absolute Gasteiger partial charge is 0.141 e. The largest absolute Gasteiger partial charge is 0.394 e. The van der Waals surface area contributed by atoms with Gasteiger partial charge in [-0.15, -0.1) is 0 Å². The second-order valence-electron chi connectivity index (χ2n) is 4.52. The van der Waals surface area contributed by atoms with Crippen LogP contribution in [-0.2, 0) is 0 Å². The van der Waals surface area contributed by atoms with Crippen LogP contribution >= 0.6 is 11.6 Å². The molecule has 0 unspecified atom stereocenters. The van der Waals surface area contributed by atoms with Gasteiger partial charge in [-0.1, -0.05) is 41.9 Å². The number of aromatic nitrogens is 2. The van der Waals surface area contributed by atoms with Crippen LogP contribution in [0.25, 0.3) is 11.0 Å². The van der Waals surface area contributed by atoms with E-state index in [4.69, 9.17) is 11.6 Å². The number of nitrogens with one attached hydrogen (secondary N) is 2. The zero-order valence-corrected chi connectivity index (χ0v) is 11.4. The van der Waals surface area contributed by atoms with Crippen LogP contribution in [0.3, 0.4) is 0 Å². The van der Waals surface area contributed by atoms with E-state index in [2.05, 4.69) is 15.3 Å². The Balaban J connectivity index is 1.91. The third-order valence-corrected chi connectivity index (χ3v) is 3.50. The number of rotatable bonds is 4. The summed E-state index contributed by atoms with van der Waals surface area (Å²) in [4.78, 5) is 7.48. The first-order valence-electron chi connectivity index (χ1n) is 6.34. The SMILES string of the molecule is OC[C@H](Nc1cc(Cl)c2cc[nH]c2n1)c1ccccc1. The molecule has 0 aliphatic heterocycles. The van der Waals surface area contributed by atoms with E-state index in [-0.39, 0.29) is 12.6 Å². The zero-order valence-electron chi connectivity index (χ0n) is 10.7. The van der Waals surface area contributed by atoms with Gasteiger partial charge in [-0.05, 0) is 17.7 Å². The van der Waals surface area contributed by atoms with E-state index < -0.39 is 0 Å². The first-order valence-corrected chi connectivity index (χ1v) is 6.71. The highest BCUT2D eigenvalue weighted by molar-refractivity contribution is 6.35. The molecule has 0 aliphatic carbocycles. The van der Waals surface area contributed by atoms with Gasteiger partial charge in [0.1, 0.15) is 11.5 Å². The Hall–Kier alpha value is -2.04. The van der Waals surface area contributed by atoms with Gasteiger partial charge in [-0.3, -0.25) is 0 Å². The van der Waals surface area contributed by atoms with Gasteiger partial charge in [0, 0.05) is 11.6 Å². The number of aliphatic hydroxyl groups excluding tert-OH is 1. The van der Waals surface area contributed by atoms with Crippen molar-refractivity contribution in [3.8, 4) is 0 Å². The maximum Gasteiger partial charge on any atom is 0.141 e. The van der Waals surface area contributed by atoms with E-state index in [1.165, 1.54) is 0 Å². The predicted octanol–water partition coefficient (Wildman–Crippen LogP) is 3.36. The molecular formula is C15H14ClN3O. The summed E-state index contributed by atoms with van der Waals surface area (Å²) in [6.07, 6.45) is 1.80. The monoisotopic (exact) mass is 287 g/mol. The van der Waals surface area contributed by atoms with Gasteiger partial charge < -0.3 is 15.4 Å². The van der Waals surface area contributed by atoms with Crippen LogP contribution in [0.2, 0.25) is 5.02 Å². The van der Waals surface area contributed by atoms with Crippen LogP contribution < -0.4 is 5.32 Å². The van der Waals surface area contributed by atoms with Crippen molar-refractivity contribution in [1.82, 2.24) is 9.97 Å². The van der Waals surface area contributed by atoms with Crippen molar-refractivity contribution in [3.63, 3.8) is 0 Å². The van der Waals surface area contributed by atoms with Crippen molar-refractivity contribution < 1.29 is 5.11 Å². The average molecular weight is 288 g/mol. The molecule has 0 bridgehead atoms. The summed E-state index contributed by atoms with van der Waals surface area (Å²) in [5.41, 5.74) is 1.73. The molecule has 102 valence electrons. The summed E-state index contributed by atoms with van der Waals surface area (Å²) in [5, 5.41) is 14.3. The van der Waals surface area contributed by atoms with Crippen molar-refractivity contribution >= 4 is 28.5 Å². The van der Waals surface area contributed by atoms with E-state index in [1.54, 1.807) is 12.3 Å². The molecule has 0 amide bonds. The Kier molecular flexibility index (Phi) is 3.58. The minimum atomic E-state index is -0.216. The molecule has 0 fully saturated rings. The lowest BCUT2D eigenvalue weighted by atomic mass is 10.1. The summed E-state index contributed by atoms with van der Waals surface area (Å²) in [5.74, 6) is 0.632. The van der Waals surface area contributed by atoms with Crippen molar-refractivity contribution in [1.29, 1.82) is 0 Å². The molecule has 2 aromatic heterocycles. The van der Waals surface area contributed by atoms with Crippen LogP contribution in [0.1, 0.15) is 11.6 Å². The molecule has 3 N–H and O–H groups in total. The van der Waals surface area contributed by atoms with Gasteiger partial charge in [-0.2, -0.15) is 0 Å². The maximum absolute atomic E-state index is 9.55. The van der Waals surface area contributed by atoms with Gasteiger partial charge >= 0.3 is 0 Å². The average Bonchev–Trinajstić information content (AvgIpc) is 2.94. The van der Waals surface area contributed by atoms with Crippen LogP contribution in [0.4, 0.5) is 5.82 Å². The summed E-state index contributed by atoms with van der Waals surface area (Å²) >= 11 is 6.21. The molecule has 1 aromatic carbocycles. The number of hydrogen-bond acceptors (Lipinski definition) is 3. The molecule has 1 atom stereocenters. The van der Waals surface area contributed by atoms with Crippen LogP contribution in [0.5, 0.6) is 0 Å². The molecule has 0 saturated heterocycles. The lowest BCUT2D eigenvalue weighted by Gasteiger charge is -2.17. The summed E-state index contributed by atoms with van der Waals surface area (Å²) in [7, 11) is 0. The minimum absolute atomic E-state index is 0.0218. The molecule has 4 nitrogen and oxygen atoms in total. The number of hydrogen-bond donors (Lipinski definition) is 3. The molecule has 0 saturated carbocycles. The maximum atomic E-state index is 9.55. The number of anilines is 1. The van der Waals surface area contributed by atoms with Crippen LogP contribution in [0, 0.1) is 0 Å². The number of aromatic amines is 1. The number of pyridine rings is 1. The molecule has 0 radical (unpaired) electrons. The fourth-order valence-electron chi connectivity index (χ4n) is 2.17. The molecule has 3 aromatic rings. The van der Waals surface area contributed by atoms with E-state index in [9.17, 15) is 5.11 Å². The van der Waals surface area contributed by atoms with Crippen LogP contribution in [0.15, 0.2) is 48.7 Å². The third-order valence-electron chi connectivity index (χ3n) is 3.18. The lowest BCUT2D eigenvalue weighted by Crippen LogP contribution is -2.15. The third kappa shape index (κ3) is 2.48. The Morgan fingerprint density at radius 2 is 2.05 bits per heavy atom. The van der Waals surface area contributed by atoms with E-state index >= 15 is 0 Å². The fraction of sp³-hybridized carbons (Fsp3) is 0.133. The number of nitrogens with zero attached hydrogens (tertiary/aromatic N) is 1. The molecular weight excluding hydrogens is 274 g/mol. The van der Waals surface area contributed by atoms with Gasteiger partial charge in [0.2, 0.25) is 0 Å². The highest BCUT2D eigenvalue weighted by atomic mass is 35.5. The molecule has 20 heavy (non-hydrogen) atoms. The second kappa shape index (κ2) is 5.53. The quantitative estimate of drug-likeness (QED) is 0.689. The Labute approximate surface area is 121 Å².